The molecule has 0 radical (unpaired) electrons. The van der Waals surface area contributed by atoms with E-state index in [1.807, 2.05) is 0 Å². The third-order valence-electron chi connectivity index (χ3n) is 2.91. The summed E-state index contributed by atoms with van der Waals surface area (Å²) in [6.07, 6.45) is 3.80. The molecule has 1 fully saturated rings. The lowest BCUT2D eigenvalue weighted by Gasteiger charge is -2.27. The van der Waals surface area contributed by atoms with Crippen LogP contribution in [-0.2, 0) is 0 Å². The molecule has 1 aliphatic rings. The van der Waals surface area contributed by atoms with E-state index in [-0.39, 0.29) is 0 Å². The number of hydrogen-bond donors (Lipinski definition) is 2. The molecule has 2 rings (SSSR count). The summed E-state index contributed by atoms with van der Waals surface area (Å²) in [6, 6.07) is 1.79. The van der Waals surface area contributed by atoms with Gasteiger partial charge >= 0.3 is 0 Å². The molecule has 0 amide bonds. The van der Waals surface area contributed by atoms with Crippen molar-refractivity contribution in [1.82, 2.24) is 15.0 Å². The second-order valence-electron chi connectivity index (χ2n) is 4.85. The standard InChI is InChI=1S/C12H21N5/c1-9(2)12-14-10(13)8-11(15-12)16-17-6-4-3-5-7-17/h8-9H,3-7H2,1-2H3,(H3,13,14,15,16). The van der Waals surface area contributed by atoms with E-state index in [2.05, 4.69) is 34.3 Å². The molecule has 0 aromatic carbocycles. The van der Waals surface area contributed by atoms with E-state index in [1.54, 1.807) is 6.07 Å². The number of nitrogens with two attached hydrogens (primary N) is 1. The number of nitrogens with one attached hydrogen (secondary N) is 1. The Hall–Kier alpha value is -1.36. The minimum Gasteiger partial charge on any atom is -0.384 e. The van der Waals surface area contributed by atoms with Crippen LogP contribution in [0.5, 0.6) is 0 Å². The topological polar surface area (TPSA) is 67.1 Å². The maximum atomic E-state index is 5.79. The van der Waals surface area contributed by atoms with Gasteiger partial charge in [0.1, 0.15) is 17.5 Å². The molecular formula is C12H21N5. The molecule has 0 bridgehead atoms. The number of hydrazine groups is 1. The lowest BCUT2D eigenvalue weighted by atomic mass is 10.2. The number of nitrogens with zero attached hydrogens (tertiary/aromatic N) is 3. The highest BCUT2D eigenvalue weighted by Crippen LogP contribution is 2.17. The zero-order valence-corrected chi connectivity index (χ0v) is 10.6. The van der Waals surface area contributed by atoms with Crippen LogP contribution in [0.2, 0.25) is 0 Å². The van der Waals surface area contributed by atoms with E-state index in [9.17, 15) is 0 Å². The molecule has 1 aliphatic heterocycles. The summed E-state index contributed by atoms with van der Waals surface area (Å²) >= 11 is 0. The molecule has 1 saturated heterocycles. The molecule has 1 aromatic heterocycles. The van der Waals surface area contributed by atoms with E-state index in [1.165, 1.54) is 19.3 Å². The Morgan fingerprint density at radius 3 is 2.59 bits per heavy atom. The highest BCUT2D eigenvalue weighted by atomic mass is 15.5. The monoisotopic (exact) mass is 235 g/mol. The molecule has 0 unspecified atom stereocenters. The SMILES string of the molecule is CC(C)c1nc(N)cc(NN2CCCCC2)n1. The highest BCUT2D eigenvalue weighted by Gasteiger charge is 2.12. The molecule has 0 atom stereocenters. The van der Waals surface area contributed by atoms with Crippen molar-refractivity contribution in [3.05, 3.63) is 11.9 Å². The lowest BCUT2D eigenvalue weighted by molar-refractivity contribution is 0.272. The van der Waals surface area contributed by atoms with Crippen LogP contribution in [0.3, 0.4) is 0 Å². The Bertz CT molecular complexity index is 371. The first kappa shape index (κ1) is 12.1. The fourth-order valence-electron chi connectivity index (χ4n) is 1.97. The Morgan fingerprint density at radius 2 is 1.94 bits per heavy atom. The Balaban J connectivity index is 2.09. The number of nitrogen functional groups attached to an aromatic ring is 1. The summed E-state index contributed by atoms with van der Waals surface area (Å²) in [5.74, 6) is 2.43. The molecule has 17 heavy (non-hydrogen) atoms. The largest absolute Gasteiger partial charge is 0.384 e. The molecule has 3 N–H and O–H groups in total. The molecule has 1 aromatic rings. The van der Waals surface area contributed by atoms with Crippen molar-refractivity contribution in [3.63, 3.8) is 0 Å². The van der Waals surface area contributed by atoms with Gasteiger partial charge in [0.25, 0.3) is 0 Å². The maximum absolute atomic E-state index is 5.79. The fourth-order valence-corrected chi connectivity index (χ4v) is 1.97. The number of anilines is 2. The van der Waals surface area contributed by atoms with Crippen LogP contribution in [0, 0.1) is 0 Å². The van der Waals surface area contributed by atoms with E-state index in [4.69, 9.17) is 5.73 Å². The fraction of sp³-hybridized carbons (Fsp3) is 0.667. The quantitative estimate of drug-likeness (QED) is 0.838. The first-order chi connectivity index (χ1) is 8.15. The third kappa shape index (κ3) is 3.30. The summed E-state index contributed by atoms with van der Waals surface area (Å²) in [4.78, 5) is 8.72. The second kappa shape index (κ2) is 5.31. The molecular weight excluding hydrogens is 214 g/mol. The van der Waals surface area contributed by atoms with E-state index in [0.29, 0.717) is 11.7 Å². The van der Waals surface area contributed by atoms with Crippen molar-refractivity contribution < 1.29 is 0 Å². The second-order valence-corrected chi connectivity index (χ2v) is 4.85. The molecule has 0 saturated carbocycles. The minimum atomic E-state index is 0.292. The van der Waals surface area contributed by atoms with Crippen molar-refractivity contribution in [2.45, 2.75) is 39.0 Å². The summed E-state index contributed by atoms with van der Waals surface area (Å²) < 4.78 is 0. The van der Waals surface area contributed by atoms with Gasteiger partial charge in [-0.05, 0) is 12.8 Å². The van der Waals surface area contributed by atoms with Crippen LogP contribution in [0.1, 0.15) is 44.9 Å². The van der Waals surface area contributed by atoms with Crippen LogP contribution >= 0.6 is 0 Å². The van der Waals surface area contributed by atoms with Gasteiger partial charge in [-0.3, -0.25) is 0 Å². The number of aromatic nitrogens is 2. The van der Waals surface area contributed by atoms with Crippen molar-refractivity contribution in [3.8, 4) is 0 Å². The van der Waals surface area contributed by atoms with Gasteiger partial charge in [0, 0.05) is 25.1 Å². The molecule has 0 spiro atoms. The van der Waals surface area contributed by atoms with Gasteiger partial charge in [0.15, 0.2) is 0 Å². The normalized spacial score (nSPS) is 17.4. The van der Waals surface area contributed by atoms with Gasteiger partial charge < -0.3 is 11.2 Å². The van der Waals surface area contributed by atoms with Crippen LogP contribution in [0.4, 0.5) is 11.6 Å². The van der Waals surface area contributed by atoms with Crippen LogP contribution < -0.4 is 11.2 Å². The van der Waals surface area contributed by atoms with Gasteiger partial charge in [0.05, 0.1) is 0 Å². The molecule has 5 heteroatoms. The number of hydrogen-bond acceptors (Lipinski definition) is 5. The van der Waals surface area contributed by atoms with Crippen LogP contribution in [0.25, 0.3) is 0 Å². The first-order valence-electron chi connectivity index (χ1n) is 6.31. The van der Waals surface area contributed by atoms with Gasteiger partial charge in [-0.25, -0.2) is 15.0 Å². The van der Waals surface area contributed by atoms with Crippen molar-refractivity contribution in [2.24, 2.45) is 0 Å². The Kier molecular flexibility index (Phi) is 3.78. The predicted octanol–water partition coefficient (Wildman–Crippen LogP) is 2.00. The van der Waals surface area contributed by atoms with Gasteiger partial charge in [0.2, 0.25) is 0 Å². The third-order valence-corrected chi connectivity index (χ3v) is 2.91. The number of piperidine rings is 1. The summed E-state index contributed by atoms with van der Waals surface area (Å²) in [5, 5.41) is 2.20. The minimum absolute atomic E-state index is 0.292. The van der Waals surface area contributed by atoms with Crippen LogP contribution in [0.15, 0.2) is 6.07 Å². The summed E-state index contributed by atoms with van der Waals surface area (Å²) in [7, 11) is 0. The molecule has 0 aliphatic carbocycles. The first-order valence-corrected chi connectivity index (χ1v) is 6.31. The zero-order valence-electron chi connectivity index (χ0n) is 10.6. The van der Waals surface area contributed by atoms with Crippen molar-refractivity contribution >= 4 is 11.6 Å². The average Bonchev–Trinajstić information content (AvgIpc) is 2.29. The average molecular weight is 235 g/mol. The van der Waals surface area contributed by atoms with E-state index in [0.717, 1.165) is 24.7 Å². The van der Waals surface area contributed by atoms with Gasteiger partial charge in [-0.15, -0.1) is 0 Å². The highest BCUT2D eigenvalue weighted by molar-refractivity contribution is 5.44. The van der Waals surface area contributed by atoms with E-state index < -0.39 is 0 Å². The smallest absolute Gasteiger partial charge is 0.146 e. The van der Waals surface area contributed by atoms with E-state index >= 15 is 0 Å². The molecule has 5 nitrogen and oxygen atoms in total. The Labute approximate surface area is 102 Å². The lowest BCUT2D eigenvalue weighted by Crippen LogP contribution is -2.35. The molecule has 2 heterocycles. The number of rotatable bonds is 3. The predicted molar refractivity (Wildman–Crippen MR) is 69.6 cm³/mol. The van der Waals surface area contributed by atoms with Crippen LogP contribution in [-0.4, -0.2) is 28.1 Å². The maximum Gasteiger partial charge on any atom is 0.146 e. The van der Waals surface area contributed by atoms with Gasteiger partial charge in [-0.2, -0.15) is 0 Å². The van der Waals surface area contributed by atoms with Gasteiger partial charge in [-0.1, -0.05) is 20.3 Å². The zero-order chi connectivity index (χ0) is 12.3. The molecule has 94 valence electrons. The summed E-state index contributed by atoms with van der Waals surface area (Å²) in [5.41, 5.74) is 9.11. The Morgan fingerprint density at radius 1 is 1.24 bits per heavy atom. The van der Waals surface area contributed by atoms with Crippen molar-refractivity contribution in [2.75, 3.05) is 24.2 Å². The van der Waals surface area contributed by atoms with Crippen molar-refractivity contribution in [1.29, 1.82) is 0 Å². The summed E-state index contributed by atoms with van der Waals surface area (Å²) in [6.45, 7) is 6.28.